The maximum atomic E-state index is 13.5. The van der Waals surface area contributed by atoms with Gasteiger partial charge in [-0.2, -0.15) is 0 Å². The molecule has 0 amide bonds. The molecule has 3 N–H and O–H groups in total. The topological polar surface area (TPSA) is 143 Å². The van der Waals surface area contributed by atoms with E-state index in [4.69, 9.17) is 27.6 Å². The predicted octanol–water partition coefficient (Wildman–Crippen LogP) is 5.62. The lowest BCUT2D eigenvalue weighted by Crippen LogP contribution is -2.30. The number of benzene rings is 3. The van der Waals surface area contributed by atoms with Gasteiger partial charge in [-0.3, -0.25) is 0 Å². The second kappa shape index (κ2) is 13.0. The molecule has 0 saturated heterocycles. The average Bonchev–Trinajstić information content (AvgIpc) is 3.74. The largest absolute Gasteiger partial charge is 0.507 e. The summed E-state index contributed by atoms with van der Waals surface area (Å²) in [5, 5.41) is 11.5. The van der Waals surface area contributed by atoms with E-state index in [9.17, 15) is 26.7 Å². The minimum absolute atomic E-state index is 0.00726. The number of aromatic hydroxyl groups is 1. The van der Waals surface area contributed by atoms with Crippen LogP contribution in [0.1, 0.15) is 48.5 Å². The summed E-state index contributed by atoms with van der Waals surface area (Å²) in [6.45, 7) is 1.75. The van der Waals surface area contributed by atoms with E-state index in [2.05, 4.69) is 9.44 Å². The summed E-state index contributed by atoms with van der Waals surface area (Å²) in [6, 6.07) is 21.8. The first-order valence-electron chi connectivity index (χ1n) is 13.8. The molecule has 44 heavy (non-hydrogen) atoms. The van der Waals surface area contributed by atoms with Crippen LogP contribution < -0.4 is 15.1 Å². The minimum Gasteiger partial charge on any atom is -0.507 e. The zero-order valence-electron chi connectivity index (χ0n) is 23.5. The van der Waals surface area contributed by atoms with Gasteiger partial charge in [0.1, 0.15) is 16.4 Å². The Morgan fingerprint density at radius 3 is 2.23 bits per heavy atom. The fourth-order valence-electron chi connectivity index (χ4n) is 5.29. The molecule has 13 heteroatoms. The van der Waals surface area contributed by atoms with Gasteiger partial charge in [0.05, 0.1) is 15.5 Å². The van der Waals surface area contributed by atoms with Gasteiger partial charge in [-0.1, -0.05) is 78.7 Å². The van der Waals surface area contributed by atoms with Crippen molar-refractivity contribution in [2.24, 2.45) is 5.92 Å². The van der Waals surface area contributed by atoms with Gasteiger partial charge in [-0.15, -0.1) is 0 Å². The second-order valence-electron chi connectivity index (χ2n) is 10.6. The van der Waals surface area contributed by atoms with Gasteiger partial charge in [0.25, 0.3) is 0 Å². The highest BCUT2D eigenvalue weighted by Crippen LogP contribution is 2.48. The molecule has 1 heterocycles. The highest BCUT2D eigenvalue weighted by atomic mass is 35.5. The molecule has 4 unspecified atom stereocenters. The molecule has 4 aromatic rings. The van der Waals surface area contributed by atoms with Crippen molar-refractivity contribution < 1.29 is 26.4 Å². The smallest absolute Gasteiger partial charge is 0.343 e. The zero-order chi connectivity index (χ0) is 31.6. The van der Waals surface area contributed by atoms with E-state index >= 15 is 0 Å². The molecule has 9 nitrogen and oxygen atoms in total. The van der Waals surface area contributed by atoms with Gasteiger partial charge >= 0.3 is 5.63 Å². The Balaban J connectivity index is 1.42. The number of hydrogen-bond donors (Lipinski definition) is 3. The first kappa shape index (κ1) is 32.2. The van der Waals surface area contributed by atoms with E-state index in [0.29, 0.717) is 18.4 Å². The molecular formula is C31H30Cl2N2O7S2. The summed E-state index contributed by atoms with van der Waals surface area (Å²) in [7, 11) is -7.85. The van der Waals surface area contributed by atoms with Crippen LogP contribution in [0.25, 0.3) is 0 Å². The van der Waals surface area contributed by atoms with Crippen molar-refractivity contribution in [3.05, 3.63) is 122 Å². The maximum absolute atomic E-state index is 13.5. The Morgan fingerprint density at radius 2 is 1.59 bits per heavy atom. The number of hydrogen-bond acceptors (Lipinski definition) is 7. The molecule has 0 aliphatic heterocycles. The van der Waals surface area contributed by atoms with Gasteiger partial charge in [-0.05, 0) is 54.7 Å². The van der Waals surface area contributed by atoms with Gasteiger partial charge in [0.15, 0.2) is 0 Å². The summed E-state index contributed by atoms with van der Waals surface area (Å²) >= 11 is 12.2. The molecular weight excluding hydrogens is 647 g/mol. The van der Waals surface area contributed by atoms with Crippen LogP contribution in [0.5, 0.6) is 5.75 Å². The van der Waals surface area contributed by atoms with Gasteiger partial charge in [-0.25, -0.2) is 31.1 Å². The molecule has 0 radical (unpaired) electrons. The van der Waals surface area contributed by atoms with Crippen LogP contribution >= 0.6 is 23.2 Å². The van der Waals surface area contributed by atoms with E-state index < -0.39 is 43.5 Å². The van der Waals surface area contributed by atoms with Crippen molar-refractivity contribution in [1.82, 2.24) is 9.44 Å². The lowest BCUT2D eigenvalue weighted by atomic mass is 9.87. The monoisotopic (exact) mass is 676 g/mol. The van der Waals surface area contributed by atoms with Crippen molar-refractivity contribution in [3.8, 4) is 5.75 Å². The molecule has 0 bridgehead atoms. The molecule has 1 aromatic heterocycles. The number of nitrogens with one attached hydrogen (secondary N) is 2. The summed E-state index contributed by atoms with van der Waals surface area (Å²) < 4.78 is 62.7. The molecule has 0 spiro atoms. The number of rotatable bonds is 12. The van der Waals surface area contributed by atoms with Crippen molar-refractivity contribution in [3.63, 3.8) is 0 Å². The highest BCUT2D eigenvalue weighted by Gasteiger charge is 2.48. The van der Waals surface area contributed by atoms with Crippen LogP contribution in [-0.4, -0.2) is 34.5 Å². The first-order chi connectivity index (χ1) is 20.9. The van der Waals surface area contributed by atoms with Gasteiger partial charge < -0.3 is 9.52 Å². The Hall–Kier alpha value is -3.19. The number of halogens is 2. The predicted molar refractivity (Wildman–Crippen MR) is 168 cm³/mol. The maximum Gasteiger partial charge on any atom is 0.343 e. The Labute approximate surface area is 266 Å². The third-order valence-corrected chi connectivity index (χ3v) is 11.3. The van der Waals surface area contributed by atoms with Crippen LogP contribution in [0.15, 0.2) is 104 Å². The quantitative estimate of drug-likeness (QED) is 0.177. The van der Waals surface area contributed by atoms with E-state index in [1.165, 1.54) is 36.4 Å². The summed E-state index contributed by atoms with van der Waals surface area (Å²) in [5.41, 5.74) is -0.102. The first-order valence-corrected chi connectivity index (χ1v) is 17.6. The summed E-state index contributed by atoms with van der Waals surface area (Å²) in [6.07, 6.45) is 0.802. The molecule has 1 fully saturated rings. The molecule has 1 saturated carbocycles. The van der Waals surface area contributed by atoms with Crippen molar-refractivity contribution >= 4 is 43.2 Å². The third-order valence-electron chi connectivity index (χ3n) is 7.68. The lowest BCUT2D eigenvalue weighted by molar-refractivity contribution is 0.379. The molecule has 3 aromatic carbocycles. The van der Waals surface area contributed by atoms with Crippen LogP contribution in [-0.2, 0) is 20.0 Å². The van der Waals surface area contributed by atoms with Crippen LogP contribution in [0.3, 0.4) is 0 Å². The summed E-state index contributed by atoms with van der Waals surface area (Å²) in [4.78, 5) is 13.5. The van der Waals surface area contributed by atoms with Gasteiger partial charge in [0, 0.05) is 35.5 Å². The molecule has 232 valence electrons. The van der Waals surface area contributed by atoms with E-state index in [0.717, 1.165) is 0 Å². The summed E-state index contributed by atoms with van der Waals surface area (Å²) in [5.74, 6) is -1.81. The van der Waals surface area contributed by atoms with E-state index in [1.807, 2.05) is 13.0 Å². The fraction of sp³-hybridized carbons (Fsp3) is 0.258. The van der Waals surface area contributed by atoms with Crippen LogP contribution in [0.2, 0.25) is 10.0 Å². The molecule has 5 rings (SSSR count). The van der Waals surface area contributed by atoms with Crippen molar-refractivity contribution in [2.45, 2.75) is 47.4 Å². The van der Waals surface area contributed by atoms with Crippen LogP contribution in [0, 0.1) is 5.92 Å². The Morgan fingerprint density at radius 1 is 0.932 bits per heavy atom. The average molecular weight is 678 g/mol. The minimum atomic E-state index is -4.05. The Bertz CT molecular complexity index is 1920. The highest BCUT2D eigenvalue weighted by molar-refractivity contribution is 7.89. The second-order valence-corrected chi connectivity index (χ2v) is 14.9. The SMILES string of the molecule is CCC(CNS(=O)(=O)c1ccccc1)c1cc(O)c(C(c2ccccc2)C2CC2NS(=O)(=O)c2cc(Cl)ccc2Cl)c(=O)o1. The lowest BCUT2D eigenvalue weighted by Gasteiger charge is -2.20. The van der Waals surface area contributed by atoms with Crippen molar-refractivity contribution in [2.75, 3.05) is 6.54 Å². The molecule has 1 aliphatic rings. The number of sulfonamides is 2. The van der Waals surface area contributed by atoms with Gasteiger partial charge in [0.2, 0.25) is 20.0 Å². The van der Waals surface area contributed by atoms with E-state index in [-0.39, 0.29) is 49.4 Å². The Kier molecular flexibility index (Phi) is 9.55. The zero-order valence-corrected chi connectivity index (χ0v) is 26.6. The third kappa shape index (κ3) is 7.03. The molecule has 1 aliphatic carbocycles. The fourth-order valence-corrected chi connectivity index (χ4v) is 8.45. The molecule has 4 atom stereocenters. The standard InChI is InChI=1S/C31H30Cl2N2O7S2/c1-2-19(18-34-43(38,39)22-11-7-4-8-12-22)27-17-26(36)30(31(37)42-27)29(20-9-5-3-6-10-20)23-16-25(23)35-44(40,41)28-15-21(32)13-14-24(28)33/h3-15,17,19,23,25,29,34-36H,2,16,18H2,1H3. The van der Waals surface area contributed by atoms with Crippen molar-refractivity contribution in [1.29, 1.82) is 0 Å². The van der Waals surface area contributed by atoms with E-state index in [1.54, 1.807) is 42.5 Å². The normalized spacial score (nSPS) is 18.1. The van der Waals surface area contributed by atoms with Crippen LogP contribution in [0.4, 0.5) is 0 Å².